The molecule has 0 aliphatic heterocycles. The van der Waals surface area contributed by atoms with Crippen molar-refractivity contribution < 1.29 is 0 Å². The summed E-state index contributed by atoms with van der Waals surface area (Å²) in [7, 11) is 0. The Balaban J connectivity index is 2.36. The monoisotopic (exact) mass is 153 g/mol. The van der Waals surface area contributed by atoms with Crippen molar-refractivity contribution in [2.24, 2.45) is 0 Å². The maximum absolute atomic E-state index is 3.89. The second kappa shape index (κ2) is 4.13. The van der Waals surface area contributed by atoms with Crippen LogP contribution in [-0.4, -0.2) is 16.7 Å². The van der Waals surface area contributed by atoms with E-state index in [-0.39, 0.29) is 0 Å². The summed E-state index contributed by atoms with van der Waals surface area (Å²) in [6.45, 7) is 5.34. The molecule has 0 saturated carbocycles. The number of aromatic amines is 1. The molecule has 1 atom stereocenters. The molecular weight excluding hydrogens is 138 g/mol. The Labute approximate surface area is 67.2 Å². The van der Waals surface area contributed by atoms with Gasteiger partial charge in [0.2, 0.25) is 0 Å². The molecule has 62 valence electrons. The predicted molar refractivity (Wildman–Crippen MR) is 45.3 cm³/mol. The first-order valence-electron chi connectivity index (χ1n) is 4.07. The molecular formula is C8H15N3. The first-order valence-corrected chi connectivity index (χ1v) is 4.07. The molecule has 0 aliphatic rings. The van der Waals surface area contributed by atoms with E-state index < -0.39 is 0 Å². The third kappa shape index (κ3) is 2.35. The topological polar surface area (TPSA) is 40.7 Å². The molecule has 11 heavy (non-hydrogen) atoms. The first-order chi connectivity index (χ1) is 5.34. The van der Waals surface area contributed by atoms with Crippen molar-refractivity contribution in [3.05, 3.63) is 18.0 Å². The van der Waals surface area contributed by atoms with Crippen LogP contribution in [0.1, 0.15) is 32.0 Å². The first kappa shape index (κ1) is 8.27. The molecule has 3 nitrogen and oxygen atoms in total. The maximum Gasteiger partial charge on any atom is 0.0518 e. The molecule has 0 aromatic carbocycles. The van der Waals surface area contributed by atoms with Crippen LogP contribution in [0.4, 0.5) is 0 Å². The fraction of sp³-hybridized carbons (Fsp3) is 0.625. The van der Waals surface area contributed by atoms with Crippen LogP contribution in [0, 0.1) is 0 Å². The third-order valence-electron chi connectivity index (χ3n) is 1.69. The third-order valence-corrected chi connectivity index (χ3v) is 1.69. The predicted octanol–water partition coefficient (Wildman–Crippen LogP) is 1.47. The van der Waals surface area contributed by atoms with E-state index in [1.807, 2.05) is 6.07 Å². The minimum Gasteiger partial charge on any atom is -0.309 e. The van der Waals surface area contributed by atoms with Gasteiger partial charge in [0.15, 0.2) is 0 Å². The quantitative estimate of drug-likeness (QED) is 0.687. The van der Waals surface area contributed by atoms with Crippen molar-refractivity contribution in [1.29, 1.82) is 0 Å². The summed E-state index contributed by atoms with van der Waals surface area (Å²) in [5.41, 5.74) is 1.15. The molecule has 2 N–H and O–H groups in total. The number of aromatic nitrogens is 2. The second-order valence-electron chi connectivity index (χ2n) is 2.69. The molecule has 1 aromatic rings. The van der Waals surface area contributed by atoms with Gasteiger partial charge in [-0.1, -0.05) is 6.92 Å². The Kier molecular flexibility index (Phi) is 3.11. The molecule has 1 heterocycles. The molecule has 0 fully saturated rings. The van der Waals surface area contributed by atoms with Gasteiger partial charge in [-0.3, -0.25) is 5.10 Å². The number of nitrogens with zero attached hydrogens (tertiary/aromatic N) is 1. The lowest BCUT2D eigenvalue weighted by Crippen LogP contribution is -2.19. The molecule has 0 aliphatic carbocycles. The number of hydrogen-bond donors (Lipinski definition) is 2. The summed E-state index contributed by atoms with van der Waals surface area (Å²) in [6.07, 6.45) is 2.94. The van der Waals surface area contributed by atoms with Gasteiger partial charge in [0.25, 0.3) is 0 Å². The van der Waals surface area contributed by atoms with Crippen LogP contribution in [-0.2, 0) is 0 Å². The van der Waals surface area contributed by atoms with Crippen LogP contribution in [0.25, 0.3) is 0 Å². The Morgan fingerprint density at radius 2 is 2.55 bits per heavy atom. The van der Waals surface area contributed by atoms with E-state index in [9.17, 15) is 0 Å². The zero-order valence-corrected chi connectivity index (χ0v) is 7.09. The van der Waals surface area contributed by atoms with Crippen LogP contribution < -0.4 is 5.32 Å². The Morgan fingerprint density at radius 1 is 1.73 bits per heavy atom. The summed E-state index contributed by atoms with van der Waals surface area (Å²) < 4.78 is 0. The average Bonchev–Trinajstić information content (AvgIpc) is 2.52. The lowest BCUT2D eigenvalue weighted by atomic mass is 10.2. The van der Waals surface area contributed by atoms with Crippen molar-refractivity contribution in [2.75, 3.05) is 6.54 Å². The van der Waals surface area contributed by atoms with Gasteiger partial charge in [0.1, 0.15) is 0 Å². The van der Waals surface area contributed by atoms with Gasteiger partial charge in [-0.15, -0.1) is 0 Å². The molecule has 0 saturated heterocycles. The number of H-pyrrole nitrogens is 1. The summed E-state index contributed by atoms with van der Waals surface area (Å²) in [5.74, 6) is 0. The number of nitrogens with one attached hydrogen (secondary N) is 2. The lowest BCUT2D eigenvalue weighted by molar-refractivity contribution is 0.557. The van der Waals surface area contributed by atoms with Gasteiger partial charge in [-0.25, -0.2) is 0 Å². The van der Waals surface area contributed by atoms with Crippen molar-refractivity contribution in [3.8, 4) is 0 Å². The van der Waals surface area contributed by atoms with Gasteiger partial charge in [-0.05, 0) is 26.0 Å². The van der Waals surface area contributed by atoms with Gasteiger partial charge in [0.05, 0.1) is 5.69 Å². The van der Waals surface area contributed by atoms with Crippen LogP contribution in [0.5, 0.6) is 0 Å². The Hall–Kier alpha value is -0.830. The van der Waals surface area contributed by atoms with E-state index in [4.69, 9.17) is 0 Å². The van der Waals surface area contributed by atoms with Crippen LogP contribution in [0.15, 0.2) is 12.3 Å². The van der Waals surface area contributed by atoms with E-state index >= 15 is 0 Å². The van der Waals surface area contributed by atoms with E-state index in [2.05, 4.69) is 29.4 Å². The summed E-state index contributed by atoms with van der Waals surface area (Å²) in [6, 6.07) is 2.38. The average molecular weight is 153 g/mol. The minimum atomic E-state index is 0.387. The van der Waals surface area contributed by atoms with Crippen LogP contribution in [0.2, 0.25) is 0 Å². The van der Waals surface area contributed by atoms with E-state index in [1.165, 1.54) is 6.42 Å². The van der Waals surface area contributed by atoms with Gasteiger partial charge in [-0.2, -0.15) is 5.10 Å². The molecule has 1 unspecified atom stereocenters. The molecule has 1 aromatic heterocycles. The van der Waals surface area contributed by atoms with Crippen LogP contribution in [0.3, 0.4) is 0 Å². The Morgan fingerprint density at radius 3 is 3.09 bits per heavy atom. The minimum absolute atomic E-state index is 0.387. The van der Waals surface area contributed by atoms with Crippen molar-refractivity contribution in [1.82, 2.24) is 15.5 Å². The van der Waals surface area contributed by atoms with Gasteiger partial charge < -0.3 is 5.32 Å². The highest BCUT2D eigenvalue weighted by Crippen LogP contribution is 2.06. The highest BCUT2D eigenvalue weighted by molar-refractivity contribution is 5.02. The fourth-order valence-corrected chi connectivity index (χ4v) is 0.979. The number of hydrogen-bond acceptors (Lipinski definition) is 2. The SMILES string of the molecule is CCCNC(C)c1ccn[nH]1. The van der Waals surface area contributed by atoms with Gasteiger partial charge in [0, 0.05) is 12.2 Å². The smallest absolute Gasteiger partial charge is 0.0518 e. The largest absolute Gasteiger partial charge is 0.309 e. The highest BCUT2D eigenvalue weighted by Gasteiger charge is 2.03. The summed E-state index contributed by atoms with van der Waals surface area (Å²) in [5, 5.41) is 10.2. The van der Waals surface area contributed by atoms with Crippen molar-refractivity contribution >= 4 is 0 Å². The standard InChI is InChI=1S/C8H15N3/c1-3-5-9-7(2)8-4-6-10-11-8/h4,6-7,9H,3,5H2,1-2H3,(H,10,11). The zero-order valence-electron chi connectivity index (χ0n) is 7.09. The molecule has 3 heteroatoms. The second-order valence-corrected chi connectivity index (χ2v) is 2.69. The van der Waals surface area contributed by atoms with E-state index in [1.54, 1.807) is 6.20 Å². The van der Waals surface area contributed by atoms with Crippen LogP contribution >= 0.6 is 0 Å². The van der Waals surface area contributed by atoms with Crippen molar-refractivity contribution in [3.63, 3.8) is 0 Å². The maximum atomic E-state index is 3.89. The highest BCUT2D eigenvalue weighted by atomic mass is 15.1. The zero-order chi connectivity index (χ0) is 8.10. The lowest BCUT2D eigenvalue weighted by Gasteiger charge is -2.09. The summed E-state index contributed by atoms with van der Waals surface area (Å²) in [4.78, 5) is 0. The molecule has 1 rings (SSSR count). The summed E-state index contributed by atoms with van der Waals surface area (Å²) >= 11 is 0. The Bertz CT molecular complexity index is 181. The normalized spacial score (nSPS) is 13.3. The van der Waals surface area contributed by atoms with Gasteiger partial charge >= 0.3 is 0 Å². The molecule has 0 radical (unpaired) electrons. The molecule has 0 spiro atoms. The molecule has 0 bridgehead atoms. The van der Waals surface area contributed by atoms with E-state index in [0.717, 1.165) is 12.2 Å². The molecule has 0 amide bonds. The van der Waals surface area contributed by atoms with Crippen molar-refractivity contribution in [2.45, 2.75) is 26.3 Å². The fourth-order valence-electron chi connectivity index (χ4n) is 0.979. The number of rotatable bonds is 4. The van der Waals surface area contributed by atoms with E-state index in [0.29, 0.717) is 6.04 Å².